The zero-order chi connectivity index (χ0) is 37.1. The van der Waals surface area contributed by atoms with Crippen molar-refractivity contribution < 1.29 is 4.42 Å². The molecule has 0 unspecified atom stereocenters. The average molecular weight is 744 g/mol. The van der Waals surface area contributed by atoms with Crippen LogP contribution in [0.3, 0.4) is 0 Å². The molecule has 4 nitrogen and oxygen atoms in total. The second-order valence-electron chi connectivity index (χ2n) is 15.7. The van der Waals surface area contributed by atoms with Gasteiger partial charge >= 0.3 is 0 Å². The highest BCUT2D eigenvalue weighted by Gasteiger charge is 2.49. The van der Waals surface area contributed by atoms with Crippen molar-refractivity contribution in [2.75, 3.05) is 9.80 Å². The van der Waals surface area contributed by atoms with Crippen LogP contribution in [0.15, 0.2) is 168 Å². The van der Waals surface area contributed by atoms with Gasteiger partial charge in [-0.05, 0) is 89.1 Å². The normalized spacial score (nSPS) is 13.6. The third-order valence-corrected chi connectivity index (χ3v) is 13.9. The molecule has 3 aliphatic heterocycles. The molecule has 0 aliphatic carbocycles. The molecule has 0 fully saturated rings. The molecule has 0 saturated heterocycles. The number of benzene rings is 8. The van der Waals surface area contributed by atoms with Crippen LogP contribution in [0, 0.1) is 6.92 Å². The smallest absolute Gasteiger partial charge is 0.297 e. The first-order valence-electron chi connectivity index (χ1n) is 19.6. The van der Waals surface area contributed by atoms with Crippen LogP contribution in [-0.4, -0.2) is 11.3 Å². The van der Waals surface area contributed by atoms with Gasteiger partial charge in [0.15, 0.2) is 0 Å². The summed E-state index contributed by atoms with van der Waals surface area (Å²) in [4.78, 5) is 5.11. The monoisotopic (exact) mass is 743 g/mol. The molecule has 8 aromatic carbocycles. The van der Waals surface area contributed by atoms with Crippen LogP contribution in [-0.2, 0) is 0 Å². The Labute approximate surface area is 332 Å². The van der Waals surface area contributed by atoms with E-state index in [0.717, 1.165) is 22.3 Å². The minimum Gasteiger partial charge on any atom is -0.468 e. The first kappa shape index (κ1) is 30.2. The van der Waals surface area contributed by atoms with Crippen molar-refractivity contribution in [1.82, 2.24) is 4.57 Å². The maximum atomic E-state index is 7.29. The Hall–Kier alpha value is -7.02. The molecule has 6 heteroatoms. The number of hydrogen-bond donors (Lipinski definition) is 0. The lowest BCUT2D eigenvalue weighted by Crippen LogP contribution is -2.61. The molecule has 11 aromatic rings. The molecule has 0 atom stereocenters. The van der Waals surface area contributed by atoms with E-state index in [-0.39, 0.29) is 6.71 Å². The molecule has 0 saturated carbocycles. The number of hydrogen-bond acceptors (Lipinski definition) is 4. The summed E-state index contributed by atoms with van der Waals surface area (Å²) >= 11 is 1.88. The molecular weight excluding hydrogens is 713 g/mol. The van der Waals surface area contributed by atoms with Gasteiger partial charge in [0.2, 0.25) is 0 Å². The van der Waals surface area contributed by atoms with E-state index in [4.69, 9.17) is 4.42 Å². The number of thiophene rings is 1. The zero-order valence-corrected chi connectivity index (χ0v) is 31.6. The van der Waals surface area contributed by atoms with E-state index in [0.29, 0.717) is 0 Å². The molecule has 0 radical (unpaired) electrons. The van der Waals surface area contributed by atoms with E-state index in [2.05, 4.69) is 185 Å². The van der Waals surface area contributed by atoms with Crippen LogP contribution >= 0.6 is 11.3 Å². The molecule has 0 N–H and O–H groups in total. The highest BCUT2D eigenvalue weighted by molar-refractivity contribution is 7.26. The number of fused-ring (bicyclic) bond motifs is 14. The van der Waals surface area contributed by atoms with E-state index in [1.54, 1.807) is 0 Å². The van der Waals surface area contributed by atoms with Gasteiger partial charge in [0.25, 0.3) is 6.71 Å². The molecular formula is C51H30BN3OS. The molecule has 0 bridgehead atoms. The van der Waals surface area contributed by atoms with Gasteiger partial charge in [-0.15, -0.1) is 11.3 Å². The van der Waals surface area contributed by atoms with E-state index in [1.165, 1.54) is 104 Å². The van der Waals surface area contributed by atoms with Crippen molar-refractivity contribution in [3.63, 3.8) is 0 Å². The van der Waals surface area contributed by atoms with Crippen LogP contribution in [0.2, 0.25) is 0 Å². The molecule has 3 aromatic heterocycles. The predicted molar refractivity (Wildman–Crippen MR) is 241 cm³/mol. The number of para-hydroxylation sites is 3. The van der Waals surface area contributed by atoms with Crippen LogP contribution < -0.4 is 26.4 Å². The van der Waals surface area contributed by atoms with Gasteiger partial charge in [0.1, 0.15) is 5.58 Å². The van der Waals surface area contributed by atoms with Gasteiger partial charge in [-0.2, -0.15) is 0 Å². The Morgan fingerprint density at radius 2 is 1.21 bits per heavy atom. The van der Waals surface area contributed by atoms with Gasteiger partial charge in [0.05, 0.1) is 49.8 Å². The third-order valence-electron chi connectivity index (χ3n) is 12.7. The lowest BCUT2D eigenvalue weighted by atomic mass is 9.35. The third kappa shape index (κ3) is 3.74. The maximum Gasteiger partial charge on any atom is 0.297 e. The van der Waals surface area contributed by atoms with Gasteiger partial charge in [-0.25, -0.2) is 0 Å². The molecule has 6 heterocycles. The largest absolute Gasteiger partial charge is 0.468 e. The van der Waals surface area contributed by atoms with E-state index in [1.807, 2.05) is 11.3 Å². The fourth-order valence-electron chi connectivity index (χ4n) is 10.5. The summed E-state index contributed by atoms with van der Waals surface area (Å²) in [6.45, 7) is 2.13. The van der Waals surface area contributed by atoms with Crippen molar-refractivity contribution in [3.8, 4) is 16.8 Å². The number of furan rings is 1. The van der Waals surface area contributed by atoms with Crippen LogP contribution in [0.25, 0.3) is 69.8 Å². The van der Waals surface area contributed by atoms with Crippen molar-refractivity contribution in [3.05, 3.63) is 169 Å². The molecule has 57 heavy (non-hydrogen) atoms. The predicted octanol–water partition coefficient (Wildman–Crippen LogP) is 12.3. The second kappa shape index (κ2) is 10.6. The summed E-state index contributed by atoms with van der Waals surface area (Å²) in [6.07, 6.45) is 0. The van der Waals surface area contributed by atoms with Gasteiger partial charge < -0.3 is 18.8 Å². The summed E-state index contributed by atoms with van der Waals surface area (Å²) in [7, 11) is 0. The summed E-state index contributed by atoms with van der Waals surface area (Å²) in [6, 6.07) is 60.5. The number of aromatic nitrogens is 1. The summed E-state index contributed by atoms with van der Waals surface area (Å²) in [5, 5.41) is 6.24. The fourth-order valence-corrected chi connectivity index (χ4v) is 11.7. The Kier molecular flexibility index (Phi) is 5.64. The highest BCUT2D eigenvalue weighted by Crippen LogP contribution is 2.54. The Morgan fingerprint density at radius 1 is 0.509 bits per heavy atom. The maximum absolute atomic E-state index is 7.29. The standard InChI is InChI=1S/C51H30BN3OS/c1-29-26-42-46-43(27-29)55(41-22-10-17-35-33-15-6-8-23-45(33)57-50(35)41)48-36-28-31(30-12-3-2-4-13-30)24-25-44(36)56-51(48)52(46)37-18-11-21-40-49(37)54(42)39-20-9-16-34-32-14-5-7-19-38(32)53(40)47(34)39/h2-28H,1H3. The number of rotatable bonds is 2. The quantitative estimate of drug-likeness (QED) is 0.165. The minimum atomic E-state index is -0.121. The Morgan fingerprint density at radius 3 is 2.09 bits per heavy atom. The van der Waals surface area contributed by atoms with Crippen LogP contribution in [0.5, 0.6) is 0 Å². The topological polar surface area (TPSA) is 24.6 Å². The number of aryl methyl sites for hydroxylation is 1. The molecule has 264 valence electrons. The van der Waals surface area contributed by atoms with Gasteiger partial charge in [0, 0.05) is 43.0 Å². The summed E-state index contributed by atoms with van der Waals surface area (Å²) < 4.78 is 12.4. The molecule has 0 amide bonds. The zero-order valence-electron chi connectivity index (χ0n) is 30.8. The minimum absolute atomic E-state index is 0.121. The average Bonchev–Trinajstić information content (AvgIpc) is 3.94. The molecule has 14 rings (SSSR count). The van der Waals surface area contributed by atoms with Crippen molar-refractivity contribution in [2.45, 2.75) is 6.92 Å². The summed E-state index contributed by atoms with van der Waals surface area (Å²) in [5.41, 5.74) is 18.8. The first-order chi connectivity index (χ1) is 28.2. The number of nitrogens with zero attached hydrogens (tertiary/aromatic N) is 3. The Balaban J connectivity index is 1.14. The summed E-state index contributed by atoms with van der Waals surface area (Å²) in [5.74, 6) is 0. The van der Waals surface area contributed by atoms with Crippen LogP contribution in [0.1, 0.15) is 5.56 Å². The molecule has 0 spiro atoms. The highest BCUT2D eigenvalue weighted by atomic mass is 32.1. The SMILES string of the molecule is Cc1cc2c3c(c1)N1c4c(cccc4-n4c5ccccc5c5cccc1c54)B3c1oc3ccc(-c4ccccc4)cc3c1N2c1cccc2c1sc1ccccc12. The van der Waals surface area contributed by atoms with E-state index >= 15 is 0 Å². The van der Waals surface area contributed by atoms with Gasteiger partial charge in [-0.1, -0.05) is 109 Å². The van der Waals surface area contributed by atoms with Gasteiger partial charge in [-0.3, -0.25) is 0 Å². The van der Waals surface area contributed by atoms with Crippen molar-refractivity contribution in [2.24, 2.45) is 0 Å². The second-order valence-corrected chi connectivity index (χ2v) is 16.8. The van der Waals surface area contributed by atoms with E-state index < -0.39 is 0 Å². The van der Waals surface area contributed by atoms with Crippen molar-refractivity contribution >= 4 is 122 Å². The van der Waals surface area contributed by atoms with Crippen LogP contribution in [0.4, 0.5) is 34.1 Å². The fraction of sp³-hybridized carbons (Fsp3) is 0.0196. The van der Waals surface area contributed by atoms with Crippen molar-refractivity contribution in [1.29, 1.82) is 0 Å². The lowest BCUT2D eigenvalue weighted by Gasteiger charge is -2.45. The lowest BCUT2D eigenvalue weighted by molar-refractivity contribution is 0.651. The Bertz CT molecular complexity index is 3580. The van der Waals surface area contributed by atoms with E-state index in [9.17, 15) is 0 Å². The molecule has 3 aliphatic rings. The first-order valence-corrected chi connectivity index (χ1v) is 20.5. The number of anilines is 6.